The SMILES string of the molecule is Cc1ccc(F)cc1CC(N)c1ccc2nccnc2c1. The Bertz CT molecular complexity index is 786. The summed E-state index contributed by atoms with van der Waals surface area (Å²) in [6, 6.07) is 10.4. The predicted octanol–water partition coefficient (Wildman–Crippen LogP) is 3.32. The van der Waals surface area contributed by atoms with Crippen molar-refractivity contribution in [3.63, 3.8) is 0 Å². The third kappa shape index (κ3) is 2.90. The normalized spacial score (nSPS) is 12.5. The van der Waals surface area contributed by atoms with Gasteiger partial charge < -0.3 is 5.73 Å². The number of halogens is 1. The van der Waals surface area contributed by atoms with Crippen molar-refractivity contribution in [3.8, 4) is 0 Å². The average molecular weight is 281 g/mol. The highest BCUT2D eigenvalue weighted by Crippen LogP contribution is 2.21. The quantitative estimate of drug-likeness (QED) is 0.801. The maximum atomic E-state index is 13.3. The summed E-state index contributed by atoms with van der Waals surface area (Å²) in [5.41, 5.74) is 10.9. The Balaban J connectivity index is 1.89. The fourth-order valence-corrected chi connectivity index (χ4v) is 2.43. The molecule has 0 saturated carbocycles. The molecule has 2 aromatic carbocycles. The molecule has 21 heavy (non-hydrogen) atoms. The van der Waals surface area contributed by atoms with Crippen LogP contribution < -0.4 is 5.73 Å². The molecule has 1 atom stereocenters. The van der Waals surface area contributed by atoms with E-state index in [4.69, 9.17) is 5.73 Å². The molecule has 106 valence electrons. The Hall–Kier alpha value is -2.33. The number of aryl methyl sites for hydroxylation is 1. The van der Waals surface area contributed by atoms with Crippen LogP contribution in [0.15, 0.2) is 48.8 Å². The molecule has 4 heteroatoms. The summed E-state index contributed by atoms with van der Waals surface area (Å²) in [7, 11) is 0. The molecular formula is C17H16FN3. The van der Waals surface area contributed by atoms with Crippen LogP contribution in [0.2, 0.25) is 0 Å². The molecule has 3 rings (SSSR count). The highest BCUT2D eigenvalue weighted by Gasteiger charge is 2.11. The lowest BCUT2D eigenvalue weighted by molar-refractivity contribution is 0.621. The number of aromatic nitrogens is 2. The van der Waals surface area contributed by atoms with Crippen molar-refractivity contribution >= 4 is 11.0 Å². The average Bonchev–Trinajstić information content (AvgIpc) is 2.50. The van der Waals surface area contributed by atoms with Gasteiger partial charge in [0.2, 0.25) is 0 Å². The molecule has 0 radical (unpaired) electrons. The minimum atomic E-state index is -0.229. The maximum absolute atomic E-state index is 13.3. The zero-order chi connectivity index (χ0) is 14.8. The lowest BCUT2D eigenvalue weighted by atomic mass is 9.96. The van der Waals surface area contributed by atoms with Gasteiger partial charge in [-0.2, -0.15) is 0 Å². The topological polar surface area (TPSA) is 51.8 Å². The Morgan fingerprint density at radius 1 is 1.05 bits per heavy atom. The van der Waals surface area contributed by atoms with Crippen LogP contribution in [0.5, 0.6) is 0 Å². The van der Waals surface area contributed by atoms with Crippen molar-refractivity contribution in [1.82, 2.24) is 9.97 Å². The smallest absolute Gasteiger partial charge is 0.123 e. The molecule has 0 aliphatic heterocycles. The van der Waals surface area contributed by atoms with Crippen LogP contribution in [0.4, 0.5) is 4.39 Å². The molecule has 3 nitrogen and oxygen atoms in total. The van der Waals surface area contributed by atoms with Crippen molar-refractivity contribution < 1.29 is 4.39 Å². The van der Waals surface area contributed by atoms with Gasteiger partial charge in [-0.05, 0) is 54.3 Å². The van der Waals surface area contributed by atoms with E-state index in [2.05, 4.69) is 9.97 Å². The van der Waals surface area contributed by atoms with Gasteiger partial charge in [-0.25, -0.2) is 4.39 Å². The Morgan fingerprint density at radius 3 is 2.62 bits per heavy atom. The standard InChI is InChI=1S/C17H16FN3/c1-11-2-4-14(18)8-13(11)9-15(19)12-3-5-16-17(10-12)21-7-6-20-16/h2-8,10,15H,9,19H2,1H3. The van der Waals surface area contributed by atoms with Crippen molar-refractivity contribution in [2.75, 3.05) is 0 Å². The monoisotopic (exact) mass is 281 g/mol. The van der Waals surface area contributed by atoms with Gasteiger partial charge in [0.25, 0.3) is 0 Å². The van der Waals surface area contributed by atoms with Gasteiger partial charge in [0, 0.05) is 18.4 Å². The fourth-order valence-electron chi connectivity index (χ4n) is 2.43. The number of hydrogen-bond acceptors (Lipinski definition) is 3. The zero-order valence-corrected chi connectivity index (χ0v) is 11.8. The summed E-state index contributed by atoms with van der Waals surface area (Å²) in [6.07, 6.45) is 3.92. The molecule has 0 saturated heterocycles. The summed E-state index contributed by atoms with van der Waals surface area (Å²) in [5, 5.41) is 0. The number of fused-ring (bicyclic) bond motifs is 1. The van der Waals surface area contributed by atoms with Gasteiger partial charge in [0.15, 0.2) is 0 Å². The lowest BCUT2D eigenvalue weighted by Gasteiger charge is -2.14. The molecule has 0 spiro atoms. The first-order valence-corrected chi connectivity index (χ1v) is 6.85. The molecule has 1 heterocycles. The van der Waals surface area contributed by atoms with Crippen LogP contribution in [0, 0.1) is 12.7 Å². The first-order valence-electron chi connectivity index (χ1n) is 6.85. The highest BCUT2D eigenvalue weighted by atomic mass is 19.1. The molecule has 2 N–H and O–H groups in total. The van der Waals surface area contributed by atoms with Crippen LogP contribution in [-0.2, 0) is 6.42 Å². The lowest BCUT2D eigenvalue weighted by Crippen LogP contribution is -2.14. The van der Waals surface area contributed by atoms with Crippen molar-refractivity contribution in [2.24, 2.45) is 5.73 Å². The highest BCUT2D eigenvalue weighted by molar-refractivity contribution is 5.74. The molecule has 0 bridgehead atoms. The Labute approximate surface area is 122 Å². The first kappa shape index (κ1) is 13.6. The summed E-state index contributed by atoms with van der Waals surface area (Å²) in [5.74, 6) is -0.229. The second-order valence-electron chi connectivity index (χ2n) is 5.19. The van der Waals surface area contributed by atoms with Crippen molar-refractivity contribution in [1.29, 1.82) is 0 Å². The zero-order valence-electron chi connectivity index (χ0n) is 11.8. The van der Waals surface area contributed by atoms with Gasteiger partial charge in [-0.15, -0.1) is 0 Å². The second-order valence-corrected chi connectivity index (χ2v) is 5.19. The van der Waals surface area contributed by atoms with Gasteiger partial charge in [0.05, 0.1) is 11.0 Å². The molecule has 0 fully saturated rings. The van der Waals surface area contributed by atoms with E-state index in [1.165, 1.54) is 6.07 Å². The van der Waals surface area contributed by atoms with Crippen LogP contribution in [0.25, 0.3) is 11.0 Å². The predicted molar refractivity (Wildman–Crippen MR) is 81.3 cm³/mol. The van der Waals surface area contributed by atoms with Gasteiger partial charge in [-0.3, -0.25) is 9.97 Å². The van der Waals surface area contributed by atoms with Crippen molar-refractivity contribution in [3.05, 3.63) is 71.3 Å². The van der Waals surface area contributed by atoms with Crippen LogP contribution >= 0.6 is 0 Å². The van der Waals surface area contributed by atoms with E-state index in [1.54, 1.807) is 24.5 Å². The third-order valence-corrected chi connectivity index (χ3v) is 3.67. The number of nitrogens with zero attached hydrogens (tertiary/aromatic N) is 2. The maximum Gasteiger partial charge on any atom is 0.123 e. The summed E-state index contributed by atoms with van der Waals surface area (Å²) < 4.78 is 13.3. The first-order chi connectivity index (χ1) is 10.1. The van der Waals surface area contributed by atoms with E-state index >= 15 is 0 Å². The van der Waals surface area contributed by atoms with E-state index < -0.39 is 0 Å². The van der Waals surface area contributed by atoms with Gasteiger partial charge in [-0.1, -0.05) is 12.1 Å². The van der Waals surface area contributed by atoms with E-state index in [9.17, 15) is 4.39 Å². The number of nitrogens with two attached hydrogens (primary N) is 1. The molecule has 1 aromatic heterocycles. The second kappa shape index (κ2) is 5.58. The number of rotatable bonds is 3. The van der Waals surface area contributed by atoms with Gasteiger partial charge >= 0.3 is 0 Å². The van der Waals surface area contributed by atoms with Crippen LogP contribution in [0.1, 0.15) is 22.7 Å². The van der Waals surface area contributed by atoms with Crippen LogP contribution in [-0.4, -0.2) is 9.97 Å². The molecule has 0 amide bonds. The number of benzene rings is 2. The summed E-state index contributed by atoms with van der Waals surface area (Å²) >= 11 is 0. The van der Waals surface area contributed by atoms with Crippen molar-refractivity contribution in [2.45, 2.75) is 19.4 Å². The minimum absolute atomic E-state index is 0.197. The molecule has 0 aliphatic carbocycles. The van der Waals surface area contributed by atoms with E-state index in [0.29, 0.717) is 6.42 Å². The van der Waals surface area contributed by atoms with E-state index in [-0.39, 0.29) is 11.9 Å². The summed E-state index contributed by atoms with van der Waals surface area (Å²) in [6.45, 7) is 1.97. The van der Waals surface area contributed by atoms with Gasteiger partial charge in [0.1, 0.15) is 5.82 Å². The largest absolute Gasteiger partial charge is 0.324 e. The molecular weight excluding hydrogens is 265 g/mol. The third-order valence-electron chi connectivity index (χ3n) is 3.67. The van der Waals surface area contributed by atoms with E-state index in [1.807, 2.05) is 25.1 Å². The van der Waals surface area contributed by atoms with E-state index in [0.717, 1.165) is 27.7 Å². The molecule has 3 aromatic rings. The number of hydrogen-bond donors (Lipinski definition) is 1. The van der Waals surface area contributed by atoms with Crippen LogP contribution in [0.3, 0.4) is 0 Å². The molecule has 0 aliphatic rings. The molecule has 1 unspecified atom stereocenters. The Morgan fingerprint density at radius 2 is 1.81 bits per heavy atom. The summed E-state index contributed by atoms with van der Waals surface area (Å²) in [4.78, 5) is 8.52. The minimum Gasteiger partial charge on any atom is -0.324 e. The fraction of sp³-hybridized carbons (Fsp3) is 0.176. The Kier molecular flexibility index (Phi) is 3.62.